The fourth-order valence-electron chi connectivity index (χ4n) is 3.79. The van der Waals surface area contributed by atoms with Crippen LogP contribution in [-0.4, -0.2) is 93.7 Å². The van der Waals surface area contributed by atoms with Crippen molar-refractivity contribution in [2.45, 2.75) is 62.9 Å². The number of carbonyl (C=O) groups excluding carboxylic acids is 3. The second-order valence-corrected chi connectivity index (χ2v) is 9.25. The zero-order valence-corrected chi connectivity index (χ0v) is 21.6. The molecule has 2 rings (SSSR count). The minimum Gasteiger partial charge on any atom is -0.480 e. The van der Waals surface area contributed by atoms with Crippen molar-refractivity contribution in [3.63, 3.8) is 0 Å². The third-order valence-corrected chi connectivity index (χ3v) is 6.12. The molecule has 0 spiro atoms. The Balaban J connectivity index is 1.84. The van der Waals surface area contributed by atoms with Gasteiger partial charge in [-0.2, -0.15) is 0 Å². The van der Waals surface area contributed by atoms with Gasteiger partial charge in [0.2, 0.25) is 17.7 Å². The monoisotopic (exact) mass is 551 g/mol. The molecular formula is C24H37N7O8. The number of guanidine groups is 1. The minimum atomic E-state index is -1.59. The lowest BCUT2D eigenvalue weighted by atomic mass is 10.0. The van der Waals surface area contributed by atoms with Crippen LogP contribution < -0.4 is 27.4 Å². The summed E-state index contributed by atoms with van der Waals surface area (Å²) in [4.78, 5) is 50.5. The quantitative estimate of drug-likeness (QED) is 0.0493. The van der Waals surface area contributed by atoms with Gasteiger partial charge in [0.25, 0.3) is 0 Å². The second-order valence-electron chi connectivity index (χ2n) is 9.25. The highest BCUT2D eigenvalue weighted by Crippen LogP contribution is 2.18. The molecule has 5 atom stereocenters. The molecule has 216 valence electrons. The Morgan fingerprint density at radius 2 is 1.90 bits per heavy atom. The maximum atomic E-state index is 12.9. The normalized spacial score (nSPS) is 16.8. The van der Waals surface area contributed by atoms with Gasteiger partial charge in [0.15, 0.2) is 12.0 Å². The molecule has 0 aliphatic carbocycles. The highest BCUT2D eigenvalue weighted by atomic mass is 16.4. The Bertz CT molecular complexity index is 1040. The highest BCUT2D eigenvalue weighted by Gasteiger charge is 2.31. The molecule has 1 aliphatic rings. The van der Waals surface area contributed by atoms with Gasteiger partial charge < -0.3 is 52.1 Å². The molecule has 2 heterocycles. The van der Waals surface area contributed by atoms with Gasteiger partial charge in [-0.1, -0.05) is 11.6 Å². The van der Waals surface area contributed by atoms with Gasteiger partial charge in [-0.25, -0.2) is 4.79 Å². The Morgan fingerprint density at radius 3 is 2.46 bits per heavy atom. The Labute approximate surface area is 225 Å². The summed E-state index contributed by atoms with van der Waals surface area (Å²) >= 11 is 0. The predicted molar refractivity (Wildman–Crippen MR) is 138 cm³/mol. The molecule has 0 fully saturated rings. The highest BCUT2D eigenvalue weighted by molar-refractivity contribution is 5.90. The van der Waals surface area contributed by atoms with E-state index in [1.807, 2.05) is 6.08 Å². The van der Waals surface area contributed by atoms with Gasteiger partial charge in [0.1, 0.15) is 23.9 Å². The Kier molecular flexibility index (Phi) is 11.9. The topological polar surface area (TPSA) is 257 Å². The number of hydrogen-bond acceptors (Lipinski definition) is 9. The summed E-state index contributed by atoms with van der Waals surface area (Å²) in [5, 5.41) is 44.2. The molecule has 1 aromatic rings. The fraction of sp³-hybridized carbons (Fsp3) is 0.542. The number of furan rings is 1. The van der Waals surface area contributed by atoms with Gasteiger partial charge in [-0.05, 0) is 38.3 Å². The van der Waals surface area contributed by atoms with Crippen LogP contribution in [0.4, 0.5) is 0 Å². The van der Waals surface area contributed by atoms with E-state index in [-0.39, 0.29) is 31.1 Å². The van der Waals surface area contributed by atoms with Gasteiger partial charge in [0, 0.05) is 26.1 Å². The number of aliphatic hydroxyl groups excluding tert-OH is 2. The molecule has 1 aliphatic heterocycles. The third kappa shape index (κ3) is 9.70. The number of carbonyl (C=O) groups is 4. The molecule has 15 heteroatoms. The molecule has 15 nitrogen and oxygen atoms in total. The minimum absolute atomic E-state index is 0.00355. The Hall–Kier alpha value is -3.95. The smallest absolute Gasteiger partial charge is 0.329 e. The first-order chi connectivity index (χ1) is 18.4. The molecule has 0 saturated carbocycles. The van der Waals surface area contributed by atoms with E-state index in [4.69, 9.17) is 21.3 Å². The van der Waals surface area contributed by atoms with Gasteiger partial charge in [-0.3, -0.25) is 19.8 Å². The van der Waals surface area contributed by atoms with E-state index in [0.717, 1.165) is 5.57 Å². The zero-order chi connectivity index (χ0) is 29.1. The molecule has 0 aromatic carbocycles. The third-order valence-electron chi connectivity index (χ3n) is 6.12. The summed E-state index contributed by atoms with van der Waals surface area (Å²) in [5.74, 6) is -3.33. The van der Waals surface area contributed by atoms with Crippen molar-refractivity contribution in [2.24, 2.45) is 11.5 Å². The number of nitrogens with zero attached hydrogens (tertiary/aromatic N) is 1. The summed E-state index contributed by atoms with van der Waals surface area (Å²) in [7, 11) is 0. The van der Waals surface area contributed by atoms with Gasteiger partial charge >= 0.3 is 5.97 Å². The van der Waals surface area contributed by atoms with Crippen LogP contribution >= 0.6 is 0 Å². The SMILES string of the molecule is CC(O)C(N)C(=O)NC(CC1=CCN(C(=N)N)C1)C(=O)NCCCCC(=O)NC(C(=O)O)C(O)c1ccco1. The number of nitrogens with two attached hydrogens (primary N) is 2. The van der Waals surface area contributed by atoms with Crippen LogP contribution in [0.1, 0.15) is 44.5 Å². The largest absolute Gasteiger partial charge is 0.480 e. The van der Waals surface area contributed by atoms with Crippen molar-refractivity contribution in [3.05, 3.63) is 35.8 Å². The van der Waals surface area contributed by atoms with Gasteiger partial charge in [-0.15, -0.1) is 0 Å². The maximum absolute atomic E-state index is 12.9. The van der Waals surface area contributed by atoms with E-state index < -0.39 is 54.0 Å². The van der Waals surface area contributed by atoms with Gasteiger partial charge in [0.05, 0.1) is 12.4 Å². The van der Waals surface area contributed by atoms with E-state index in [9.17, 15) is 34.5 Å². The molecule has 5 unspecified atom stereocenters. The molecule has 1 aromatic heterocycles. The number of nitrogens with one attached hydrogen (secondary N) is 4. The standard InChI is InChI=1S/C24H37N7O8/c1-13(32)18(25)22(36)29-15(11-14-7-9-31(12-14)24(26)27)21(35)28-8-3-2-6-17(33)30-19(23(37)38)20(34)16-5-4-10-39-16/h4-5,7,10,13,15,18-20,32,34H,2-3,6,8-9,11-12,25H2,1H3,(H3,26,27)(H,28,35)(H,29,36)(H,30,33)(H,37,38). The molecule has 0 saturated heterocycles. The summed E-state index contributed by atoms with van der Waals surface area (Å²) in [5.41, 5.74) is 12.0. The number of aliphatic hydroxyl groups is 2. The molecule has 11 N–H and O–H groups in total. The zero-order valence-electron chi connectivity index (χ0n) is 21.6. The van der Waals surface area contributed by atoms with Crippen LogP contribution in [0.5, 0.6) is 0 Å². The fourth-order valence-corrected chi connectivity index (χ4v) is 3.79. The number of aliphatic carboxylic acids is 1. The van der Waals surface area contributed by atoms with Crippen molar-refractivity contribution in [2.75, 3.05) is 19.6 Å². The van der Waals surface area contributed by atoms with Crippen LogP contribution in [0.15, 0.2) is 34.5 Å². The molecule has 0 bridgehead atoms. The second kappa shape index (κ2) is 14.8. The first kappa shape index (κ1) is 31.3. The van der Waals surface area contributed by atoms with Crippen molar-refractivity contribution in [1.82, 2.24) is 20.9 Å². The number of hydrogen-bond donors (Lipinski definition) is 9. The summed E-state index contributed by atoms with van der Waals surface area (Å²) in [6.07, 6.45) is 1.16. The predicted octanol–water partition coefficient (Wildman–Crippen LogP) is -2.11. The van der Waals surface area contributed by atoms with E-state index in [1.165, 1.54) is 25.3 Å². The summed E-state index contributed by atoms with van der Waals surface area (Å²) in [6, 6.07) is -0.943. The molecular weight excluding hydrogens is 514 g/mol. The lowest BCUT2D eigenvalue weighted by molar-refractivity contribution is -0.145. The number of amides is 3. The lowest BCUT2D eigenvalue weighted by Crippen LogP contribution is -2.54. The van der Waals surface area contributed by atoms with E-state index in [2.05, 4.69) is 16.0 Å². The first-order valence-electron chi connectivity index (χ1n) is 12.4. The first-order valence-corrected chi connectivity index (χ1v) is 12.4. The van der Waals surface area contributed by atoms with Crippen LogP contribution in [0.2, 0.25) is 0 Å². The summed E-state index contributed by atoms with van der Waals surface area (Å²) < 4.78 is 5.00. The van der Waals surface area contributed by atoms with Crippen molar-refractivity contribution in [3.8, 4) is 0 Å². The van der Waals surface area contributed by atoms with Crippen LogP contribution in [0.3, 0.4) is 0 Å². The van der Waals surface area contributed by atoms with Crippen LogP contribution in [0, 0.1) is 5.41 Å². The van der Waals surface area contributed by atoms with E-state index >= 15 is 0 Å². The average molecular weight is 552 g/mol. The lowest BCUT2D eigenvalue weighted by Gasteiger charge is -2.23. The number of rotatable bonds is 15. The molecule has 0 radical (unpaired) electrons. The van der Waals surface area contributed by atoms with Crippen molar-refractivity contribution >= 4 is 29.7 Å². The number of unbranched alkanes of at least 4 members (excludes halogenated alkanes) is 1. The average Bonchev–Trinajstić information content (AvgIpc) is 3.58. The van der Waals surface area contributed by atoms with E-state index in [0.29, 0.717) is 25.9 Å². The molecule has 39 heavy (non-hydrogen) atoms. The van der Waals surface area contributed by atoms with Crippen LogP contribution in [-0.2, 0) is 19.2 Å². The number of carboxylic acid groups (broad SMARTS) is 1. The Morgan fingerprint density at radius 1 is 1.18 bits per heavy atom. The van der Waals surface area contributed by atoms with E-state index in [1.54, 1.807) is 4.90 Å². The molecule has 3 amide bonds. The number of carboxylic acids is 1. The van der Waals surface area contributed by atoms with Crippen LogP contribution in [0.25, 0.3) is 0 Å². The maximum Gasteiger partial charge on any atom is 0.329 e. The summed E-state index contributed by atoms with van der Waals surface area (Å²) in [6.45, 7) is 2.26. The van der Waals surface area contributed by atoms with Crippen molar-refractivity contribution < 1.29 is 38.9 Å². The van der Waals surface area contributed by atoms with Crippen molar-refractivity contribution in [1.29, 1.82) is 5.41 Å².